The molecule has 1 aromatic carbocycles. The van der Waals surface area contributed by atoms with Crippen molar-refractivity contribution in [2.75, 3.05) is 13.1 Å². The summed E-state index contributed by atoms with van der Waals surface area (Å²) in [5.41, 5.74) is 7.63. The van der Waals surface area contributed by atoms with Crippen molar-refractivity contribution >= 4 is 5.71 Å². The predicted molar refractivity (Wildman–Crippen MR) is 107 cm³/mol. The molecule has 136 valence electrons. The number of aromatic nitrogens is 3. The maximum atomic E-state index is 8.09. The fourth-order valence-electron chi connectivity index (χ4n) is 4.24. The zero-order valence-corrected chi connectivity index (χ0v) is 15.3. The molecule has 1 fully saturated rings. The van der Waals surface area contributed by atoms with Crippen LogP contribution in [0.3, 0.4) is 0 Å². The second-order valence-corrected chi connectivity index (χ2v) is 7.44. The smallest absolute Gasteiger partial charge is 0.100 e. The third-order valence-electron chi connectivity index (χ3n) is 5.75. The molecule has 0 unspecified atom stereocenters. The number of pyridine rings is 1. The lowest BCUT2D eigenvalue weighted by molar-refractivity contribution is 0.344. The topological polar surface area (TPSA) is 66.6 Å². The highest BCUT2D eigenvalue weighted by atomic mass is 15.3. The summed E-state index contributed by atoms with van der Waals surface area (Å²) in [7, 11) is 0. The van der Waals surface area contributed by atoms with Crippen LogP contribution in [0.5, 0.6) is 0 Å². The first kappa shape index (κ1) is 16.4. The van der Waals surface area contributed by atoms with Crippen LogP contribution in [-0.4, -0.2) is 33.6 Å². The second-order valence-electron chi connectivity index (χ2n) is 7.44. The highest BCUT2D eigenvalue weighted by Gasteiger charge is 2.22. The lowest BCUT2D eigenvalue weighted by Gasteiger charge is -2.22. The van der Waals surface area contributed by atoms with Crippen molar-refractivity contribution in [1.82, 2.24) is 20.1 Å². The number of fused-ring (bicyclic) bond motifs is 1. The summed E-state index contributed by atoms with van der Waals surface area (Å²) in [6, 6.07) is 11.0. The van der Waals surface area contributed by atoms with E-state index in [0.29, 0.717) is 6.04 Å². The Bertz CT molecular complexity index is 983. The van der Waals surface area contributed by atoms with Gasteiger partial charge in [0.25, 0.3) is 0 Å². The normalized spacial score (nSPS) is 17.3. The van der Waals surface area contributed by atoms with Gasteiger partial charge >= 0.3 is 0 Å². The summed E-state index contributed by atoms with van der Waals surface area (Å²) in [4.78, 5) is 4.16. The molecule has 27 heavy (non-hydrogen) atoms. The van der Waals surface area contributed by atoms with Gasteiger partial charge in [-0.1, -0.05) is 18.2 Å². The lowest BCUT2D eigenvalue weighted by atomic mass is 9.98. The average molecular weight is 357 g/mol. The molecule has 5 nitrogen and oxygen atoms in total. The van der Waals surface area contributed by atoms with Gasteiger partial charge in [0.2, 0.25) is 0 Å². The summed E-state index contributed by atoms with van der Waals surface area (Å²) in [5.74, 6) is 0. The molecule has 0 atom stereocenters. The largest absolute Gasteiger partial charge is 0.317 e. The van der Waals surface area contributed by atoms with Gasteiger partial charge in [-0.25, -0.2) is 0 Å². The van der Waals surface area contributed by atoms with Gasteiger partial charge in [-0.3, -0.25) is 9.67 Å². The Kier molecular flexibility index (Phi) is 4.09. The van der Waals surface area contributed by atoms with Crippen molar-refractivity contribution in [3.63, 3.8) is 0 Å². The number of hydrogen-bond donors (Lipinski definition) is 2. The minimum atomic E-state index is 0.447. The maximum absolute atomic E-state index is 8.09. The van der Waals surface area contributed by atoms with Crippen molar-refractivity contribution in [2.45, 2.75) is 31.7 Å². The van der Waals surface area contributed by atoms with Crippen LogP contribution in [0.2, 0.25) is 0 Å². The predicted octanol–water partition coefficient (Wildman–Crippen LogP) is 3.85. The summed E-state index contributed by atoms with van der Waals surface area (Å²) in [5, 5.41) is 16.5. The first-order chi connectivity index (χ1) is 13.3. The van der Waals surface area contributed by atoms with Gasteiger partial charge in [-0.2, -0.15) is 5.10 Å². The zero-order chi connectivity index (χ0) is 18.2. The zero-order valence-electron chi connectivity index (χ0n) is 15.3. The van der Waals surface area contributed by atoms with Crippen LogP contribution < -0.4 is 5.32 Å². The average Bonchev–Trinajstić information content (AvgIpc) is 3.33. The number of piperidine rings is 1. The van der Waals surface area contributed by atoms with E-state index in [0.717, 1.165) is 61.3 Å². The lowest BCUT2D eigenvalue weighted by Crippen LogP contribution is -2.29. The third-order valence-corrected chi connectivity index (χ3v) is 5.75. The monoisotopic (exact) mass is 357 g/mol. The van der Waals surface area contributed by atoms with E-state index in [1.54, 1.807) is 0 Å². The van der Waals surface area contributed by atoms with Gasteiger partial charge in [0.05, 0.1) is 6.04 Å². The number of nitrogens with one attached hydrogen (secondary N) is 2. The van der Waals surface area contributed by atoms with Crippen LogP contribution in [0.1, 0.15) is 36.4 Å². The van der Waals surface area contributed by atoms with Crippen LogP contribution in [0.25, 0.3) is 22.4 Å². The van der Waals surface area contributed by atoms with Gasteiger partial charge in [0.1, 0.15) is 5.69 Å². The van der Waals surface area contributed by atoms with Crippen LogP contribution >= 0.6 is 0 Å². The SMILES string of the molecule is N=C1CCc2cc(-c3cn(C4CCNCC4)nc3-c3ccncc3)ccc21. The van der Waals surface area contributed by atoms with E-state index in [1.165, 1.54) is 16.7 Å². The fraction of sp³-hybridized carbons (Fsp3) is 0.318. The second kappa shape index (κ2) is 6.74. The van der Waals surface area contributed by atoms with Crippen LogP contribution in [-0.2, 0) is 6.42 Å². The summed E-state index contributed by atoms with van der Waals surface area (Å²) in [6.07, 6.45) is 9.91. The first-order valence-electron chi connectivity index (χ1n) is 9.71. The maximum Gasteiger partial charge on any atom is 0.100 e. The molecule has 0 spiro atoms. The molecule has 3 heterocycles. The number of nitrogens with zero attached hydrogens (tertiary/aromatic N) is 3. The molecule has 1 aliphatic carbocycles. The van der Waals surface area contributed by atoms with Gasteiger partial charge < -0.3 is 10.7 Å². The fourth-order valence-corrected chi connectivity index (χ4v) is 4.24. The van der Waals surface area contributed by atoms with Gasteiger partial charge in [-0.15, -0.1) is 0 Å². The third kappa shape index (κ3) is 2.98. The van der Waals surface area contributed by atoms with Gasteiger partial charge in [0, 0.05) is 35.4 Å². The number of rotatable bonds is 3. The molecule has 0 radical (unpaired) electrons. The number of benzene rings is 1. The number of hydrogen-bond acceptors (Lipinski definition) is 4. The molecular formula is C22H23N5. The molecule has 1 saturated heterocycles. The Labute approximate surface area is 159 Å². The van der Waals surface area contributed by atoms with E-state index in [2.05, 4.69) is 39.4 Å². The van der Waals surface area contributed by atoms with E-state index in [1.807, 2.05) is 24.5 Å². The van der Waals surface area contributed by atoms with E-state index in [4.69, 9.17) is 10.5 Å². The van der Waals surface area contributed by atoms with Gasteiger partial charge in [-0.05, 0) is 67.6 Å². The minimum Gasteiger partial charge on any atom is -0.317 e. The molecule has 0 amide bonds. The Morgan fingerprint density at radius 1 is 0.963 bits per heavy atom. The van der Waals surface area contributed by atoms with E-state index < -0.39 is 0 Å². The van der Waals surface area contributed by atoms with E-state index >= 15 is 0 Å². The molecule has 2 N–H and O–H groups in total. The van der Waals surface area contributed by atoms with Crippen LogP contribution in [0, 0.1) is 5.41 Å². The van der Waals surface area contributed by atoms with Crippen molar-refractivity contribution < 1.29 is 0 Å². The van der Waals surface area contributed by atoms with Gasteiger partial charge in [0.15, 0.2) is 0 Å². The standard InChI is InChI=1S/C22H23N5/c23-21-4-2-16-13-17(1-3-19(16)21)20-14-27(18-7-11-25-12-8-18)26-22(20)15-5-9-24-10-6-15/h1,3,5-6,9-10,13-14,18,23,25H,2,4,7-8,11-12H2. The summed E-state index contributed by atoms with van der Waals surface area (Å²) < 4.78 is 2.17. The molecule has 0 bridgehead atoms. The highest BCUT2D eigenvalue weighted by molar-refractivity contribution is 6.03. The number of aryl methyl sites for hydroxylation is 1. The Morgan fingerprint density at radius 2 is 1.78 bits per heavy atom. The Balaban J connectivity index is 1.62. The van der Waals surface area contributed by atoms with Crippen molar-refractivity contribution in [1.29, 1.82) is 5.41 Å². The molecule has 1 aliphatic heterocycles. The summed E-state index contributed by atoms with van der Waals surface area (Å²) >= 11 is 0. The Hall–Kier alpha value is -2.79. The quantitative estimate of drug-likeness (QED) is 0.748. The molecule has 2 aromatic heterocycles. The highest BCUT2D eigenvalue weighted by Crippen LogP contribution is 2.35. The van der Waals surface area contributed by atoms with Crippen LogP contribution in [0.4, 0.5) is 0 Å². The molecular weight excluding hydrogens is 334 g/mol. The molecule has 5 rings (SSSR count). The van der Waals surface area contributed by atoms with Crippen molar-refractivity contribution in [3.8, 4) is 22.4 Å². The van der Waals surface area contributed by atoms with Crippen LogP contribution in [0.15, 0.2) is 48.9 Å². The first-order valence-corrected chi connectivity index (χ1v) is 9.71. The molecule has 5 heteroatoms. The van der Waals surface area contributed by atoms with Crippen molar-refractivity contribution in [3.05, 3.63) is 60.0 Å². The van der Waals surface area contributed by atoms with E-state index in [-0.39, 0.29) is 0 Å². The van der Waals surface area contributed by atoms with E-state index in [9.17, 15) is 0 Å². The molecule has 2 aliphatic rings. The van der Waals surface area contributed by atoms with Crippen molar-refractivity contribution in [2.24, 2.45) is 0 Å². The Morgan fingerprint density at radius 3 is 2.59 bits per heavy atom. The minimum absolute atomic E-state index is 0.447. The molecule has 3 aromatic rings. The molecule has 0 saturated carbocycles. The summed E-state index contributed by atoms with van der Waals surface area (Å²) in [6.45, 7) is 2.09.